The average Bonchev–Trinajstić information content (AvgIpc) is 3.29. The molecule has 2 aliphatic heterocycles. The molecule has 2 rings (SSSR count). The third kappa shape index (κ3) is 8.76. The fraction of sp³-hybridized carbons (Fsp3) is 0.824. The third-order valence-corrected chi connectivity index (χ3v) is 8.87. The number of methoxy groups -OCH3 is 2. The van der Waals surface area contributed by atoms with Crippen LogP contribution in [0, 0.1) is 0 Å². The molecule has 1 saturated heterocycles. The molecule has 2 heterocycles. The lowest BCUT2D eigenvalue weighted by molar-refractivity contribution is -0.599. The van der Waals surface area contributed by atoms with Crippen LogP contribution in [0.3, 0.4) is 0 Å². The molecule has 0 aromatic rings. The summed E-state index contributed by atoms with van der Waals surface area (Å²) in [4.78, 5) is 2.02. The number of nitrogens with zero attached hydrogens (tertiary/aromatic N) is 2. The van der Waals surface area contributed by atoms with E-state index in [0.29, 0.717) is 37.6 Å². The van der Waals surface area contributed by atoms with Crippen LogP contribution >= 0.6 is 23.5 Å². The largest absolute Gasteiger partial charge is 0.748 e. The molecule has 2 unspecified atom stereocenters. The molecule has 2 atom stereocenters. The van der Waals surface area contributed by atoms with Crippen molar-refractivity contribution in [3.8, 4) is 0 Å². The number of nitrogens with one attached hydrogen (secondary N) is 1. The van der Waals surface area contributed by atoms with Crippen LogP contribution in [0.1, 0.15) is 19.8 Å². The quantitative estimate of drug-likeness (QED) is 0.185. The summed E-state index contributed by atoms with van der Waals surface area (Å²) in [6.45, 7) is 2.97. The first kappa shape index (κ1) is 27.9. The van der Waals surface area contributed by atoms with Gasteiger partial charge in [0.15, 0.2) is 0 Å². The first-order valence-corrected chi connectivity index (χ1v) is 15.2. The summed E-state index contributed by atoms with van der Waals surface area (Å²) in [6, 6.07) is 0. The van der Waals surface area contributed by atoms with E-state index in [2.05, 4.69) is 5.48 Å². The maximum absolute atomic E-state index is 11.9. The first-order chi connectivity index (χ1) is 15.1. The molecule has 0 amide bonds. The molecular formula is C17H31N3O8S4. The minimum atomic E-state index is -4.27. The molecule has 1 N–H and O–H groups in total. The van der Waals surface area contributed by atoms with E-state index in [-0.39, 0.29) is 24.6 Å². The Kier molecular flexibility index (Phi) is 11.2. The van der Waals surface area contributed by atoms with Crippen molar-refractivity contribution in [2.45, 2.75) is 32.2 Å². The van der Waals surface area contributed by atoms with Gasteiger partial charge in [-0.15, -0.1) is 11.8 Å². The molecule has 2 aliphatic rings. The molecule has 1 fully saturated rings. The molecule has 0 aromatic heterocycles. The van der Waals surface area contributed by atoms with Crippen LogP contribution in [0.5, 0.6) is 0 Å². The van der Waals surface area contributed by atoms with Crippen LogP contribution in [-0.2, 0) is 34.0 Å². The maximum atomic E-state index is 11.9. The van der Waals surface area contributed by atoms with Crippen molar-refractivity contribution in [1.29, 1.82) is 0 Å². The molecule has 0 saturated carbocycles. The van der Waals surface area contributed by atoms with Crippen LogP contribution < -0.4 is 5.48 Å². The summed E-state index contributed by atoms with van der Waals surface area (Å²) < 4.78 is 74.4. The van der Waals surface area contributed by atoms with E-state index in [4.69, 9.17) is 13.8 Å². The van der Waals surface area contributed by atoms with Crippen LogP contribution in [0.15, 0.2) is 11.1 Å². The van der Waals surface area contributed by atoms with Gasteiger partial charge in [0, 0.05) is 51.3 Å². The zero-order valence-corrected chi connectivity index (χ0v) is 21.7. The van der Waals surface area contributed by atoms with Gasteiger partial charge in [0.25, 0.3) is 16.3 Å². The van der Waals surface area contributed by atoms with Crippen LogP contribution in [0.4, 0.5) is 0 Å². The minimum Gasteiger partial charge on any atom is -0.748 e. The predicted molar refractivity (Wildman–Crippen MR) is 124 cm³/mol. The number of rotatable bonds is 14. The highest BCUT2D eigenvalue weighted by atomic mass is 32.2. The number of hydrogen-bond acceptors (Lipinski definition) is 12. The average molecular weight is 534 g/mol. The Balaban J connectivity index is 2.12. The van der Waals surface area contributed by atoms with Crippen molar-refractivity contribution < 1.29 is 39.7 Å². The van der Waals surface area contributed by atoms with Crippen molar-refractivity contribution in [2.75, 3.05) is 56.9 Å². The van der Waals surface area contributed by atoms with E-state index in [1.807, 2.05) is 15.6 Å². The van der Waals surface area contributed by atoms with E-state index in [9.17, 15) is 21.4 Å². The zero-order valence-electron chi connectivity index (χ0n) is 18.4. The fourth-order valence-corrected chi connectivity index (χ4v) is 7.03. The van der Waals surface area contributed by atoms with Gasteiger partial charge in [-0.3, -0.25) is 0 Å². The van der Waals surface area contributed by atoms with E-state index in [1.54, 1.807) is 44.7 Å². The molecule has 0 spiro atoms. The van der Waals surface area contributed by atoms with E-state index in [0.717, 1.165) is 10.1 Å². The SMILES string of the molecule is CCNOS(=O)(=O)CCCN1C(=CC2=[N+](CCCS(=O)(=O)[O-])C(OC)CS2)SCC1OC. The third-order valence-electron chi connectivity index (χ3n) is 4.72. The van der Waals surface area contributed by atoms with Crippen LogP contribution in [0.25, 0.3) is 0 Å². The number of hydrogen-bond donors (Lipinski definition) is 1. The van der Waals surface area contributed by atoms with Gasteiger partial charge >= 0.3 is 0 Å². The lowest BCUT2D eigenvalue weighted by Gasteiger charge is -2.25. The highest BCUT2D eigenvalue weighted by Gasteiger charge is 2.35. The standard InChI is InChI=1S/C17H31N3O8S4/c1-4-18-28-32(24,25)10-6-8-20-15(27-3)13-30-17(20)11-16-19(14(26-2)12-29-16)7-5-9-31(21,22)23/h11,14-15,18H,4-10,12-13H2,1-3H3. The number of ether oxygens (including phenoxy) is 2. The molecule has 0 bridgehead atoms. The summed E-state index contributed by atoms with van der Waals surface area (Å²) in [6.07, 6.45) is 2.16. The topological polar surface area (TPSA) is 137 Å². The summed E-state index contributed by atoms with van der Waals surface area (Å²) in [5.41, 5.74) is 2.36. The lowest BCUT2D eigenvalue weighted by Crippen LogP contribution is -2.34. The van der Waals surface area contributed by atoms with Crippen molar-refractivity contribution in [3.63, 3.8) is 0 Å². The van der Waals surface area contributed by atoms with Gasteiger partial charge in [-0.05, 0) is 18.2 Å². The normalized spacial score (nSPS) is 23.6. The van der Waals surface area contributed by atoms with Gasteiger partial charge in [0.1, 0.15) is 12.8 Å². The predicted octanol–water partition coefficient (Wildman–Crippen LogP) is 0.176. The van der Waals surface area contributed by atoms with E-state index >= 15 is 0 Å². The Bertz CT molecular complexity index is 891. The first-order valence-electron chi connectivity index (χ1n) is 10.1. The zero-order chi connectivity index (χ0) is 23.8. The molecule has 0 radical (unpaired) electrons. The van der Waals surface area contributed by atoms with Crippen molar-refractivity contribution in [2.24, 2.45) is 0 Å². The number of thioether (sulfide) groups is 2. The molecule has 15 heteroatoms. The van der Waals surface area contributed by atoms with E-state index < -0.39 is 26.0 Å². The van der Waals surface area contributed by atoms with Crippen LogP contribution in [-0.4, -0.2) is 105 Å². The van der Waals surface area contributed by atoms with Gasteiger partial charge < -0.3 is 18.9 Å². The second-order valence-electron chi connectivity index (χ2n) is 7.02. The second kappa shape index (κ2) is 12.9. The summed E-state index contributed by atoms with van der Waals surface area (Å²) in [5.74, 6) is 0.823. The van der Waals surface area contributed by atoms with Crippen molar-refractivity contribution >= 4 is 48.8 Å². The molecular weight excluding hydrogens is 502 g/mol. The highest BCUT2D eigenvalue weighted by Crippen LogP contribution is 2.34. The van der Waals surface area contributed by atoms with Crippen molar-refractivity contribution in [1.82, 2.24) is 10.4 Å². The summed E-state index contributed by atoms with van der Waals surface area (Å²) >= 11 is 3.19. The summed E-state index contributed by atoms with van der Waals surface area (Å²) in [7, 11) is -4.72. The van der Waals surface area contributed by atoms with Gasteiger partial charge in [-0.2, -0.15) is 22.8 Å². The molecule has 32 heavy (non-hydrogen) atoms. The Morgan fingerprint density at radius 3 is 2.53 bits per heavy atom. The maximum Gasteiger partial charge on any atom is 0.283 e. The van der Waals surface area contributed by atoms with Gasteiger partial charge in [0.2, 0.25) is 5.04 Å². The Morgan fingerprint density at radius 2 is 1.91 bits per heavy atom. The van der Waals surface area contributed by atoms with Gasteiger partial charge in [0.05, 0.1) is 26.7 Å². The molecule has 0 aliphatic carbocycles. The molecule has 186 valence electrons. The Labute approximate surface area is 198 Å². The molecule has 0 aromatic carbocycles. The van der Waals surface area contributed by atoms with Gasteiger partial charge in [-0.25, -0.2) is 8.42 Å². The lowest BCUT2D eigenvalue weighted by atomic mass is 10.4. The van der Waals surface area contributed by atoms with Gasteiger partial charge in [-0.1, -0.05) is 6.92 Å². The summed E-state index contributed by atoms with van der Waals surface area (Å²) in [5, 5.41) is 1.84. The fourth-order valence-electron chi connectivity index (χ4n) is 3.21. The number of hydroxylamine groups is 1. The highest BCUT2D eigenvalue weighted by molar-refractivity contribution is 8.14. The molecule has 11 nitrogen and oxygen atoms in total. The second-order valence-corrected chi connectivity index (χ2v) is 12.3. The Hall–Kier alpha value is -0.390. The van der Waals surface area contributed by atoms with Crippen LogP contribution in [0.2, 0.25) is 0 Å². The van der Waals surface area contributed by atoms with Crippen molar-refractivity contribution in [3.05, 3.63) is 11.1 Å². The monoisotopic (exact) mass is 533 g/mol. The minimum absolute atomic E-state index is 0.127. The Morgan fingerprint density at radius 1 is 1.16 bits per heavy atom. The smallest absolute Gasteiger partial charge is 0.283 e. The van der Waals surface area contributed by atoms with E-state index in [1.165, 1.54) is 0 Å².